The highest BCUT2D eigenvalue weighted by molar-refractivity contribution is 5.67. The normalized spacial score (nSPS) is 9.91. The fourth-order valence-electron chi connectivity index (χ4n) is 1.74. The predicted molar refractivity (Wildman–Crippen MR) is 78.6 cm³/mol. The molecule has 1 aromatic heterocycles. The van der Waals surface area contributed by atoms with E-state index in [2.05, 4.69) is 15.5 Å². The second kappa shape index (κ2) is 7.82. The first-order chi connectivity index (χ1) is 10.7. The summed E-state index contributed by atoms with van der Waals surface area (Å²) < 4.78 is 15.2. The molecular weight excluding hydrogens is 286 g/mol. The summed E-state index contributed by atoms with van der Waals surface area (Å²) in [5.41, 5.74) is 1.56. The van der Waals surface area contributed by atoms with Gasteiger partial charge in [-0.15, -0.1) is 10.2 Å². The number of carbonyl (C=O) groups excluding carboxylic acids is 1. The Morgan fingerprint density at radius 1 is 1.14 bits per heavy atom. The van der Waals surface area contributed by atoms with Crippen LogP contribution in [0, 0.1) is 0 Å². The molecule has 116 valence electrons. The molecule has 2 rings (SSSR count). The minimum Gasteiger partial charge on any atom is -0.480 e. The average Bonchev–Trinajstić information content (AvgIpc) is 2.58. The van der Waals surface area contributed by atoms with Gasteiger partial charge in [-0.1, -0.05) is 30.3 Å². The highest BCUT2D eigenvalue weighted by Crippen LogP contribution is 2.17. The first-order valence-corrected chi connectivity index (χ1v) is 6.62. The zero-order valence-electron chi connectivity index (χ0n) is 12.4. The maximum absolute atomic E-state index is 11.7. The van der Waals surface area contributed by atoms with Gasteiger partial charge in [-0.3, -0.25) is 0 Å². The van der Waals surface area contributed by atoms with E-state index >= 15 is 0 Å². The number of carbonyl (C=O) groups is 1. The van der Waals surface area contributed by atoms with E-state index in [4.69, 9.17) is 14.2 Å². The number of nitrogens with zero attached hydrogens (tertiary/aromatic N) is 2. The van der Waals surface area contributed by atoms with Crippen molar-refractivity contribution in [2.24, 2.45) is 0 Å². The van der Waals surface area contributed by atoms with Crippen molar-refractivity contribution >= 4 is 6.09 Å². The third kappa shape index (κ3) is 4.34. The summed E-state index contributed by atoms with van der Waals surface area (Å²) in [6.45, 7) is 0.407. The quantitative estimate of drug-likeness (QED) is 0.878. The Hall–Kier alpha value is -2.83. The van der Waals surface area contributed by atoms with Crippen molar-refractivity contribution in [3.05, 3.63) is 47.5 Å². The molecule has 0 aliphatic carbocycles. The van der Waals surface area contributed by atoms with E-state index in [9.17, 15) is 4.79 Å². The SMILES string of the molecule is COc1cc(CNC(=O)OCc2ccccc2)c(OC)nn1. The Labute approximate surface area is 128 Å². The fourth-order valence-corrected chi connectivity index (χ4v) is 1.74. The Kier molecular flexibility index (Phi) is 5.53. The van der Waals surface area contributed by atoms with Crippen molar-refractivity contribution in [1.82, 2.24) is 15.5 Å². The summed E-state index contributed by atoms with van der Waals surface area (Å²) in [5.74, 6) is 0.666. The van der Waals surface area contributed by atoms with E-state index in [0.717, 1.165) is 5.56 Å². The number of nitrogens with one attached hydrogen (secondary N) is 1. The molecule has 0 radical (unpaired) electrons. The van der Waals surface area contributed by atoms with Gasteiger partial charge in [0.1, 0.15) is 6.61 Å². The van der Waals surface area contributed by atoms with Crippen molar-refractivity contribution in [1.29, 1.82) is 0 Å². The summed E-state index contributed by atoms with van der Waals surface area (Å²) in [6.07, 6.45) is -0.526. The molecule has 0 bridgehead atoms. The Morgan fingerprint density at radius 2 is 1.91 bits per heavy atom. The van der Waals surface area contributed by atoms with Crippen LogP contribution in [0.3, 0.4) is 0 Å². The molecule has 1 N–H and O–H groups in total. The summed E-state index contributed by atoms with van der Waals surface area (Å²) in [4.78, 5) is 11.7. The number of hydrogen-bond donors (Lipinski definition) is 1. The van der Waals surface area contributed by atoms with Crippen LogP contribution in [0.4, 0.5) is 4.79 Å². The molecule has 7 heteroatoms. The zero-order chi connectivity index (χ0) is 15.8. The number of rotatable bonds is 6. The van der Waals surface area contributed by atoms with Crippen LogP contribution in [0.15, 0.2) is 36.4 Å². The topological polar surface area (TPSA) is 82.6 Å². The lowest BCUT2D eigenvalue weighted by atomic mass is 10.2. The summed E-state index contributed by atoms with van der Waals surface area (Å²) in [7, 11) is 2.97. The van der Waals surface area contributed by atoms with Gasteiger partial charge < -0.3 is 19.5 Å². The first kappa shape index (κ1) is 15.6. The van der Waals surface area contributed by atoms with Gasteiger partial charge in [0.2, 0.25) is 11.8 Å². The lowest BCUT2D eigenvalue weighted by Gasteiger charge is -2.10. The van der Waals surface area contributed by atoms with Crippen LogP contribution < -0.4 is 14.8 Å². The van der Waals surface area contributed by atoms with E-state index < -0.39 is 6.09 Å². The van der Waals surface area contributed by atoms with Crippen molar-refractivity contribution in [3.8, 4) is 11.8 Å². The molecule has 7 nitrogen and oxygen atoms in total. The number of methoxy groups -OCH3 is 2. The lowest BCUT2D eigenvalue weighted by molar-refractivity contribution is 0.139. The third-order valence-corrected chi connectivity index (χ3v) is 2.85. The predicted octanol–water partition coefficient (Wildman–Crippen LogP) is 1.92. The molecule has 1 aromatic carbocycles. The van der Waals surface area contributed by atoms with Crippen molar-refractivity contribution in [2.75, 3.05) is 14.2 Å². The van der Waals surface area contributed by atoms with Crippen LogP contribution in [0.5, 0.6) is 11.8 Å². The average molecular weight is 303 g/mol. The molecule has 1 amide bonds. The van der Waals surface area contributed by atoms with Crippen LogP contribution in [-0.4, -0.2) is 30.5 Å². The number of alkyl carbamates (subject to hydrolysis) is 1. The molecule has 2 aromatic rings. The molecular formula is C15H17N3O4. The van der Waals surface area contributed by atoms with Crippen molar-refractivity contribution in [2.45, 2.75) is 13.2 Å². The Bertz CT molecular complexity index is 619. The smallest absolute Gasteiger partial charge is 0.407 e. The highest BCUT2D eigenvalue weighted by atomic mass is 16.5. The van der Waals surface area contributed by atoms with Gasteiger partial charge in [0.25, 0.3) is 0 Å². The minimum absolute atomic E-state index is 0.197. The minimum atomic E-state index is -0.526. The molecule has 0 fully saturated rings. The molecule has 0 saturated carbocycles. The third-order valence-electron chi connectivity index (χ3n) is 2.85. The molecule has 0 atom stereocenters. The first-order valence-electron chi connectivity index (χ1n) is 6.62. The van der Waals surface area contributed by atoms with Crippen LogP contribution in [0.1, 0.15) is 11.1 Å². The maximum atomic E-state index is 11.7. The molecule has 22 heavy (non-hydrogen) atoms. The number of hydrogen-bond acceptors (Lipinski definition) is 6. The Balaban J connectivity index is 1.88. The van der Waals surface area contributed by atoms with Gasteiger partial charge in [0.05, 0.1) is 20.8 Å². The van der Waals surface area contributed by atoms with Gasteiger partial charge in [-0.2, -0.15) is 0 Å². The maximum Gasteiger partial charge on any atom is 0.407 e. The van der Waals surface area contributed by atoms with E-state index in [1.807, 2.05) is 30.3 Å². The second-order valence-electron chi connectivity index (χ2n) is 4.34. The molecule has 0 aliphatic heterocycles. The summed E-state index contributed by atoms with van der Waals surface area (Å²) >= 11 is 0. The number of ether oxygens (including phenoxy) is 3. The van der Waals surface area contributed by atoms with E-state index in [-0.39, 0.29) is 13.2 Å². The van der Waals surface area contributed by atoms with Gasteiger partial charge in [-0.05, 0) is 5.56 Å². The van der Waals surface area contributed by atoms with E-state index in [1.165, 1.54) is 14.2 Å². The second-order valence-corrected chi connectivity index (χ2v) is 4.34. The molecule has 0 aliphatic rings. The molecule has 0 saturated heterocycles. The van der Waals surface area contributed by atoms with Gasteiger partial charge >= 0.3 is 6.09 Å². The Morgan fingerprint density at radius 3 is 2.59 bits per heavy atom. The monoisotopic (exact) mass is 303 g/mol. The van der Waals surface area contributed by atoms with Crippen LogP contribution in [0.2, 0.25) is 0 Å². The highest BCUT2D eigenvalue weighted by Gasteiger charge is 2.10. The lowest BCUT2D eigenvalue weighted by Crippen LogP contribution is -2.24. The number of benzene rings is 1. The van der Waals surface area contributed by atoms with Crippen LogP contribution in [0.25, 0.3) is 0 Å². The standard InChI is InChI=1S/C15H17N3O4/c1-20-13-8-12(14(21-2)18-17-13)9-16-15(19)22-10-11-6-4-3-5-7-11/h3-8H,9-10H2,1-2H3,(H,16,19). The number of aromatic nitrogens is 2. The zero-order valence-corrected chi connectivity index (χ0v) is 12.4. The van der Waals surface area contributed by atoms with Crippen LogP contribution >= 0.6 is 0 Å². The fraction of sp³-hybridized carbons (Fsp3) is 0.267. The van der Waals surface area contributed by atoms with E-state index in [0.29, 0.717) is 17.3 Å². The van der Waals surface area contributed by atoms with Crippen LogP contribution in [-0.2, 0) is 17.9 Å². The largest absolute Gasteiger partial charge is 0.480 e. The van der Waals surface area contributed by atoms with Gasteiger partial charge in [0, 0.05) is 11.6 Å². The summed E-state index contributed by atoms with van der Waals surface area (Å²) in [5, 5.41) is 10.3. The van der Waals surface area contributed by atoms with Gasteiger partial charge in [-0.25, -0.2) is 4.79 Å². The summed E-state index contributed by atoms with van der Waals surface area (Å²) in [6, 6.07) is 11.1. The molecule has 0 spiro atoms. The van der Waals surface area contributed by atoms with Crippen molar-refractivity contribution < 1.29 is 19.0 Å². The number of amides is 1. The van der Waals surface area contributed by atoms with Gasteiger partial charge in [0.15, 0.2) is 0 Å². The van der Waals surface area contributed by atoms with E-state index in [1.54, 1.807) is 6.07 Å². The molecule has 0 unspecified atom stereocenters. The molecule has 1 heterocycles. The van der Waals surface area contributed by atoms with Crippen molar-refractivity contribution in [3.63, 3.8) is 0 Å².